The highest BCUT2D eigenvalue weighted by Gasteiger charge is 2.30. The number of carbonyl (C=O) groups excluding carboxylic acids is 1. The summed E-state index contributed by atoms with van der Waals surface area (Å²) in [5.41, 5.74) is -0.800. The van der Waals surface area contributed by atoms with Crippen molar-refractivity contribution in [1.29, 1.82) is 0 Å². The van der Waals surface area contributed by atoms with E-state index in [1.165, 1.54) is 0 Å². The number of carbonyl (C=O) groups is 1. The van der Waals surface area contributed by atoms with E-state index in [2.05, 4.69) is 5.32 Å². The lowest BCUT2D eigenvalue weighted by molar-refractivity contribution is -0.138. The van der Waals surface area contributed by atoms with Crippen LogP contribution in [-0.4, -0.2) is 47.7 Å². The van der Waals surface area contributed by atoms with E-state index in [1.807, 2.05) is 0 Å². The van der Waals surface area contributed by atoms with Gasteiger partial charge in [-0.25, -0.2) is 0 Å². The SMILES string of the molecule is CNC1CCCN(CC(C)(C)O)C1=O. The van der Waals surface area contributed by atoms with Gasteiger partial charge in [-0.15, -0.1) is 0 Å². The van der Waals surface area contributed by atoms with Crippen molar-refractivity contribution in [3.05, 3.63) is 0 Å². The molecule has 0 aromatic heterocycles. The van der Waals surface area contributed by atoms with Crippen LogP contribution in [0.15, 0.2) is 0 Å². The van der Waals surface area contributed by atoms with Crippen molar-refractivity contribution in [2.45, 2.75) is 38.3 Å². The van der Waals surface area contributed by atoms with E-state index >= 15 is 0 Å². The quantitative estimate of drug-likeness (QED) is 0.672. The molecule has 1 rings (SSSR count). The summed E-state index contributed by atoms with van der Waals surface area (Å²) in [5.74, 6) is 0.112. The molecule has 82 valence electrons. The Bertz CT molecular complexity index is 211. The van der Waals surface area contributed by atoms with E-state index < -0.39 is 5.60 Å². The van der Waals surface area contributed by atoms with Crippen LogP contribution in [0.2, 0.25) is 0 Å². The smallest absolute Gasteiger partial charge is 0.239 e. The topological polar surface area (TPSA) is 52.6 Å². The molecule has 1 amide bonds. The predicted molar refractivity (Wildman–Crippen MR) is 55.0 cm³/mol. The van der Waals surface area contributed by atoms with Gasteiger partial charge in [0.15, 0.2) is 0 Å². The fourth-order valence-corrected chi connectivity index (χ4v) is 1.83. The number of hydrogen-bond acceptors (Lipinski definition) is 3. The lowest BCUT2D eigenvalue weighted by Crippen LogP contribution is -2.53. The van der Waals surface area contributed by atoms with E-state index in [-0.39, 0.29) is 11.9 Å². The Morgan fingerprint density at radius 1 is 1.64 bits per heavy atom. The van der Waals surface area contributed by atoms with Gasteiger partial charge < -0.3 is 15.3 Å². The molecule has 0 spiro atoms. The van der Waals surface area contributed by atoms with Gasteiger partial charge in [0.1, 0.15) is 0 Å². The minimum Gasteiger partial charge on any atom is -0.389 e. The van der Waals surface area contributed by atoms with Crippen LogP contribution in [0, 0.1) is 0 Å². The number of rotatable bonds is 3. The minimum atomic E-state index is -0.800. The van der Waals surface area contributed by atoms with Gasteiger partial charge in [0.05, 0.1) is 11.6 Å². The standard InChI is InChI=1S/C10H20N2O2/c1-10(2,14)7-12-6-4-5-8(11-3)9(12)13/h8,11,14H,4-7H2,1-3H3. The largest absolute Gasteiger partial charge is 0.389 e. The monoisotopic (exact) mass is 200 g/mol. The van der Waals surface area contributed by atoms with Gasteiger partial charge in [-0.05, 0) is 33.7 Å². The van der Waals surface area contributed by atoms with Crippen molar-refractivity contribution in [3.8, 4) is 0 Å². The molecule has 1 aliphatic heterocycles. The lowest BCUT2D eigenvalue weighted by Gasteiger charge is -2.35. The molecule has 0 saturated carbocycles. The fraction of sp³-hybridized carbons (Fsp3) is 0.900. The van der Waals surface area contributed by atoms with E-state index in [0.717, 1.165) is 19.4 Å². The summed E-state index contributed by atoms with van der Waals surface area (Å²) in [6.45, 7) is 4.64. The molecular formula is C10H20N2O2. The molecule has 4 nitrogen and oxygen atoms in total. The van der Waals surface area contributed by atoms with Crippen molar-refractivity contribution in [3.63, 3.8) is 0 Å². The van der Waals surface area contributed by atoms with Crippen LogP contribution >= 0.6 is 0 Å². The molecule has 1 atom stereocenters. The molecule has 14 heavy (non-hydrogen) atoms. The Kier molecular flexibility index (Phi) is 3.50. The van der Waals surface area contributed by atoms with Gasteiger partial charge in [0, 0.05) is 13.1 Å². The van der Waals surface area contributed by atoms with Crippen molar-refractivity contribution < 1.29 is 9.90 Å². The summed E-state index contributed by atoms with van der Waals surface area (Å²) < 4.78 is 0. The predicted octanol–water partition coefficient (Wildman–Crippen LogP) is -0.0323. The van der Waals surface area contributed by atoms with Gasteiger partial charge in [-0.1, -0.05) is 0 Å². The van der Waals surface area contributed by atoms with E-state index in [4.69, 9.17) is 0 Å². The highest BCUT2D eigenvalue weighted by Crippen LogP contribution is 2.14. The minimum absolute atomic E-state index is 0.0638. The highest BCUT2D eigenvalue weighted by molar-refractivity contribution is 5.82. The van der Waals surface area contributed by atoms with Crippen molar-refractivity contribution in [2.75, 3.05) is 20.1 Å². The van der Waals surface area contributed by atoms with E-state index in [9.17, 15) is 9.90 Å². The number of aliphatic hydroxyl groups is 1. The van der Waals surface area contributed by atoms with Gasteiger partial charge in [0.25, 0.3) is 0 Å². The zero-order valence-electron chi connectivity index (χ0n) is 9.21. The zero-order chi connectivity index (χ0) is 10.8. The zero-order valence-corrected chi connectivity index (χ0v) is 9.21. The molecule has 1 saturated heterocycles. The Morgan fingerprint density at radius 3 is 2.79 bits per heavy atom. The molecule has 0 radical (unpaired) electrons. The second kappa shape index (κ2) is 4.28. The molecule has 1 unspecified atom stereocenters. The molecule has 1 aliphatic rings. The maximum absolute atomic E-state index is 11.8. The molecule has 4 heteroatoms. The average molecular weight is 200 g/mol. The maximum atomic E-state index is 11.8. The van der Waals surface area contributed by atoms with Crippen LogP contribution in [0.1, 0.15) is 26.7 Å². The fourth-order valence-electron chi connectivity index (χ4n) is 1.83. The number of likely N-dealkylation sites (tertiary alicyclic amines) is 1. The number of amides is 1. The molecule has 0 bridgehead atoms. The number of piperidine rings is 1. The number of nitrogens with zero attached hydrogens (tertiary/aromatic N) is 1. The van der Waals surface area contributed by atoms with Crippen molar-refractivity contribution in [2.24, 2.45) is 0 Å². The van der Waals surface area contributed by atoms with Gasteiger partial charge >= 0.3 is 0 Å². The summed E-state index contributed by atoms with van der Waals surface area (Å²) in [4.78, 5) is 13.5. The lowest BCUT2D eigenvalue weighted by atomic mass is 10.0. The third-order valence-corrected chi connectivity index (χ3v) is 2.46. The van der Waals surface area contributed by atoms with Crippen LogP contribution in [0.4, 0.5) is 0 Å². The van der Waals surface area contributed by atoms with E-state index in [0.29, 0.717) is 6.54 Å². The average Bonchev–Trinajstić information content (AvgIpc) is 2.06. The third kappa shape index (κ3) is 2.96. The summed E-state index contributed by atoms with van der Waals surface area (Å²) in [5, 5.41) is 12.6. The molecule has 1 fully saturated rings. The summed E-state index contributed by atoms with van der Waals surface area (Å²) >= 11 is 0. The molecule has 0 aromatic carbocycles. The Balaban J connectivity index is 2.57. The summed E-state index contributed by atoms with van der Waals surface area (Å²) in [6, 6.07) is -0.0638. The van der Waals surface area contributed by atoms with Crippen LogP contribution in [0.25, 0.3) is 0 Å². The van der Waals surface area contributed by atoms with Crippen LogP contribution in [-0.2, 0) is 4.79 Å². The first-order valence-electron chi connectivity index (χ1n) is 5.12. The normalized spacial score (nSPS) is 24.1. The van der Waals surface area contributed by atoms with Crippen LogP contribution in [0.3, 0.4) is 0 Å². The summed E-state index contributed by atoms with van der Waals surface area (Å²) in [7, 11) is 1.80. The van der Waals surface area contributed by atoms with E-state index in [1.54, 1.807) is 25.8 Å². The molecule has 0 aromatic rings. The number of likely N-dealkylation sites (N-methyl/N-ethyl adjacent to an activating group) is 1. The number of hydrogen-bond donors (Lipinski definition) is 2. The molecular weight excluding hydrogens is 180 g/mol. The number of β-amino-alcohol motifs (C(OH)–C–C–N with tert-alkyl or cyclic N) is 1. The van der Waals surface area contributed by atoms with Crippen LogP contribution < -0.4 is 5.32 Å². The van der Waals surface area contributed by atoms with Crippen LogP contribution in [0.5, 0.6) is 0 Å². The van der Waals surface area contributed by atoms with Crippen molar-refractivity contribution >= 4 is 5.91 Å². The Hall–Kier alpha value is -0.610. The Morgan fingerprint density at radius 2 is 2.29 bits per heavy atom. The van der Waals surface area contributed by atoms with Gasteiger partial charge in [-0.3, -0.25) is 4.79 Å². The first kappa shape index (κ1) is 11.5. The second-order valence-corrected chi connectivity index (χ2v) is 4.56. The highest BCUT2D eigenvalue weighted by atomic mass is 16.3. The first-order valence-corrected chi connectivity index (χ1v) is 5.12. The van der Waals surface area contributed by atoms with Crippen molar-refractivity contribution in [1.82, 2.24) is 10.2 Å². The van der Waals surface area contributed by atoms with Gasteiger partial charge in [0.2, 0.25) is 5.91 Å². The first-order chi connectivity index (χ1) is 6.44. The molecule has 2 N–H and O–H groups in total. The number of nitrogens with one attached hydrogen (secondary N) is 1. The molecule has 0 aliphatic carbocycles. The summed E-state index contributed by atoms with van der Waals surface area (Å²) in [6.07, 6.45) is 1.91. The maximum Gasteiger partial charge on any atom is 0.239 e. The Labute approximate surface area is 85.3 Å². The van der Waals surface area contributed by atoms with Gasteiger partial charge in [-0.2, -0.15) is 0 Å². The third-order valence-electron chi connectivity index (χ3n) is 2.46. The molecule has 1 heterocycles. The second-order valence-electron chi connectivity index (χ2n) is 4.56.